The number of hydrogen-bond donors (Lipinski definition) is 0. The number of carbonyl (C=O) groups is 1. The second-order valence-corrected chi connectivity index (χ2v) is 9.15. The van der Waals surface area contributed by atoms with Crippen molar-refractivity contribution in [1.82, 2.24) is 15.0 Å². The van der Waals surface area contributed by atoms with Gasteiger partial charge in [0, 0.05) is 30.1 Å². The zero-order chi connectivity index (χ0) is 19.8. The van der Waals surface area contributed by atoms with Gasteiger partial charge in [0.05, 0.1) is 0 Å². The third-order valence-corrected chi connectivity index (χ3v) is 7.06. The lowest BCUT2D eigenvalue weighted by molar-refractivity contribution is 0.0594. The number of nitrogens with zero attached hydrogens (tertiary/aromatic N) is 3. The van der Waals surface area contributed by atoms with Crippen LogP contribution < -0.4 is 0 Å². The van der Waals surface area contributed by atoms with Crippen LogP contribution in [0, 0.1) is 0 Å². The molecule has 0 unspecified atom stereocenters. The summed E-state index contributed by atoms with van der Waals surface area (Å²) < 4.78 is 5.52. The smallest absolute Gasteiger partial charge is 0.276 e. The fraction of sp³-hybridized carbons (Fsp3) is 0.583. The molecule has 0 radical (unpaired) electrons. The van der Waals surface area contributed by atoms with E-state index in [2.05, 4.69) is 52.3 Å². The Morgan fingerprint density at radius 3 is 2.72 bits per heavy atom. The second kappa shape index (κ2) is 7.94. The van der Waals surface area contributed by atoms with Crippen molar-refractivity contribution in [2.75, 3.05) is 13.6 Å². The SMILES string of the molecule is CN1CCCCC[C@@H]2[C@@H]1C[C@@H](Cc1ccccc1)N2C(=O)c1cc(C2CC2)on1. The number of amides is 1. The maximum Gasteiger partial charge on any atom is 0.276 e. The standard InChI is InChI=1S/C24H31N3O2/c1-26-13-7-3-6-10-21-22(26)15-19(14-17-8-4-2-5-9-17)27(21)24(28)20-16-23(29-25-20)18-11-12-18/h2,4-5,8-9,16,18-19,21-22H,3,6-7,10-15H2,1H3/t19-,21-,22+/m1/s1. The summed E-state index contributed by atoms with van der Waals surface area (Å²) in [6, 6.07) is 13.4. The number of likely N-dealkylation sites (tertiary alicyclic amines) is 2. The van der Waals surface area contributed by atoms with Gasteiger partial charge in [-0.05, 0) is 57.7 Å². The van der Waals surface area contributed by atoms with E-state index < -0.39 is 0 Å². The molecule has 1 saturated carbocycles. The van der Waals surface area contributed by atoms with E-state index in [1.54, 1.807) is 0 Å². The number of hydrogen-bond acceptors (Lipinski definition) is 4. The largest absolute Gasteiger partial charge is 0.360 e. The summed E-state index contributed by atoms with van der Waals surface area (Å²) in [7, 11) is 2.23. The monoisotopic (exact) mass is 393 g/mol. The zero-order valence-corrected chi connectivity index (χ0v) is 17.3. The number of rotatable bonds is 4. The lowest BCUT2D eigenvalue weighted by Gasteiger charge is -2.35. The highest BCUT2D eigenvalue weighted by Gasteiger charge is 2.46. The maximum absolute atomic E-state index is 13.6. The van der Waals surface area contributed by atoms with Gasteiger partial charge in [-0.2, -0.15) is 0 Å². The Balaban J connectivity index is 1.44. The van der Waals surface area contributed by atoms with Crippen LogP contribution in [-0.2, 0) is 6.42 Å². The van der Waals surface area contributed by atoms with Crippen LogP contribution in [0.4, 0.5) is 0 Å². The number of aromatic nitrogens is 1. The molecule has 5 nitrogen and oxygen atoms in total. The summed E-state index contributed by atoms with van der Waals surface area (Å²) in [4.78, 5) is 18.3. The van der Waals surface area contributed by atoms with Crippen LogP contribution in [0.15, 0.2) is 40.9 Å². The molecule has 2 saturated heterocycles. The first-order chi connectivity index (χ1) is 14.2. The molecule has 5 rings (SSSR count). The van der Waals surface area contributed by atoms with Crippen molar-refractivity contribution in [3.8, 4) is 0 Å². The molecule has 3 fully saturated rings. The third kappa shape index (κ3) is 3.85. The van der Waals surface area contributed by atoms with E-state index in [9.17, 15) is 4.79 Å². The van der Waals surface area contributed by atoms with Gasteiger partial charge in [0.1, 0.15) is 5.76 Å². The van der Waals surface area contributed by atoms with Crippen molar-refractivity contribution in [2.24, 2.45) is 0 Å². The molecule has 1 aromatic carbocycles. The quantitative estimate of drug-likeness (QED) is 0.779. The van der Waals surface area contributed by atoms with E-state index in [4.69, 9.17) is 4.52 Å². The Kier molecular flexibility index (Phi) is 5.17. The molecule has 1 aliphatic carbocycles. The lowest BCUT2D eigenvalue weighted by Crippen LogP contribution is -2.48. The molecule has 2 aromatic rings. The van der Waals surface area contributed by atoms with Crippen LogP contribution in [0.1, 0.15) is 72.7 Å². The molecule has 0 bridgehead atoms. The molecule has 154 valence electrons. The van der Waals surface area contributed by atoms with Gasteiger partial charge in [-0.25, -0.2) is 0 Å². The van der Waals surface area contributed by atoms with Gasteiger partial charge in [-0.15, -0.1) is 0 Å². The molecule has 1 amide bonds. The Bertz CT molecular complexity index is 845. The normalized spacial score (nSPS) is 28.0. The molecule has 1 aromatic heterocycles. The molecule has 5 heteroatoms. The first-order valence-electron chi connectivity index (χ1n) is 11.2. The predicted molar refractivity (Wildman–Crippen MR) is 112 cm³/mol. The molecule has 3 aliphatic rings. The molecule has 0 spiro atoms. The summed E-state index contributed by atoms with van der Waals surface area (Å²) in [5.41, 5.74) is 1.79. The first kappa shape index (κ1) is 18.9. The fourth-order valence-electron chi connectivity index (χ4n) is 5.33. The van der Waals surface area contributed by atoms with Crippen LogP contribution in [0.5, 0.6) is 0 Å². The van der Waals surface area contributed by atoms with Crippen LogP contribution in [0.25, 0.3) is 0 Å². The molecule has 29 heavy (non-hydrogen) atoms. The Labute approximate surface area is 173 Å². The maximum atomic E-state index is 13.6. The van der Waals surface area contributed by atoms with E-state index >= 15 is 0 Å². The average Bonchev–Trinajstić information content (AvgIpc) is 3.35. The van der Waals surface area contributed by atoms with Gasteiger partial charge in [0.25, 0.3) is 5.91 Å². The molecule has 3 atom stereocenters. The molecular weight excluding hydrogens is 362 g/mol. The van der Waals surface area contributed by atoms with E-state index in [1.165, 1.54) is 24.8 Å². The summed E-state index contributed by atoms with van der Waals surface area (Å²) in [5.74, 6) is 1.42. The van der Waals surface area contributed by atoms with E-state index in [0.29, 0.717) is 17.7 Å². The molecule has 0 N–H and O–H groups in total. The number of benzene rings is 1. The fourth-order valence-corrected chi connectivity index (χ4v) is 5.33. The van der Waals surface area contributed by atoms with Crippen molar-refractivity contribution in [1.29, 1.82) is 0 Å². The topological polar surface area (TPSA) is 49.6 Å². The van der Waals surface area contributed by atoms with Crippen molar-refractivity contribution in [2.45, 2.75) is 75.4 Å². The van der Waals surface area contributed by atoms with Gasteiger partial charge in [-0.1, -0.05) is 48.3 Å². The average molecular weight is 394 g/mol. The van der Waals surface area contributed by atoms with Crippen LogP contribution >= 0.6 is 0 Å². The number of carbonyl (C=O) groups excluding carboxylic acids is 1. The van der Waals surface area contributed by atoms with Crippen LogP contribution in [-0.4, -0.2) is 52.6 Å². The van der Waals surface area contributed by atoms with Gasteiger partial charge in [0.2, 0.25) is 0 Å². The lowest BCUT2D eigenvalue weighted by atomic mass is 9.96. The Hall–Kier alpha value is -2.14. The van der Waals surface area contributed by atoms with E-state index in [1.807, 2.05) is 6.07 Å². The minimum absolute atomic E-state index is 0.0584. The number of fused-ring (bicyclic) bond motifs is 1. The van der Waals surface area contributed by atoms with E-state index in [0.717, 1.165) is 44.4 Å². The highest BCUT2D eigenvalue weighted by Crippen LogP contribution is 2.41. The highest BCUT2D eigenvalue weighted by molar-refractivity contribution is 5.93. The van der Waals surface area contributed by atoms with Crippen molar-refractivity contribution in [3.63, 3.8) is 0 Å². The van der Waals surface area contributed by atoms with Crippen molar-refractivity contribution >= 4 is 5.91 Å². The van der Waals surface area contributed by atoms with Gasteiger partial charge in [0.15, 0.2) is 5.69 Å². The zero-order valence-electron chi connectivity index (χ0n) is 17.3. The first-order valence-corrected chi connectivity index (χ1v) is 11.2. The molecular formula is C24H31N3O2. The predicted octanol–water partition coefficient (Wildman–Crippen LogP) is 4.25. The molecule has 3 heterocycles. The minimum atomic E-state index is 0.0584. The van der Waals surface area contributed by atoms with Crippen molar-refractivity contribution in [3.05, 3.63) is 53.4 Å². The van der Waals surface area contributed by atoms with Crippen LogP contribution in [0.2, 0.25) is 0 Å². The summed E-state index contributed by atoms with van der Waals surface area (Å²) >= 11 is 0. The van der Waals surface area contributed by atoms with E-state index in [-0.39, 0.29) is 18.0 Å². The summed E-state index contributed by atoms with van der Waals surface area (Å²) in [5, 5.41) is 4.18. The van der Waals surface area contributed by atoms with Gasteiger partial charge in [-0.3, -0.25) is 4.79 Å². The Morgan fingerprint density at radius 2 is 1.93 bits per heavy atom. The minimum Gasteiger partial charge on any atom is -0.360 e. The third-order valence-electron chi connectivity index (χ3n) is 7.06. The highest BCUT2D eigenvalue weighted by atomic mass is 16.5. The van der Waals surface area contributed by atoms with Gasteiger partial charge >= 0.3 is 0 Å². The van der Waals surface area contributed by atoms with Crippen LogP contribution in [0.3, 0.4) is 0 Å². The summed E-state index contributed by atoms with van der Waals surface area (Å²) in [6.45, 7) is 1.12. The second-order valence-electron chi connectivity index (χ2n) is 9.15. The summed E-state index contributed by atoms with van der Waals surface area (Å²) in [6.07, 6.45) is 9.02. The van der Waals surface area contributed by atoms with Gasteiger partial charge < -0.3 is 14.3 Å². The number of likely N-dealkylation sites (N-methyl/N-ethyl adjacent to an activating group) is 1. The molecule has 2 aliphatic heterocycles. The Morgan fingerprint density at radius 1 is 1.10 bits per heavy atom. The van der Waals surface area contributed by atoms with Crippen molar-refractivity contribution < 1.29 is 9.32 Å².